The summed E-state index contributed by atoms with van der Waals surface area (Å²) in [7, 11) is 0. The van der Waals surface area contributed by atoms with Gasteiger partial charge in [0.1, 0.15) is 11.2 Å². The van der Waals surface area contributed by atoms with E-state index in [1.54, 1.807) is 0 Å². The molecule has 0 atom stereocenters. The van der Waals surface area contributed by atoms with Crippen LogP contribution >= 0.6 is 0 Å². The normalized spacial score (nSPS) is 11.4. The molecule has 0 spiro atoms. The molecule has 1 aromatic heterocycles. The summed E-state index contributed by atoms with van der Waals surface area (Å²) in [4.78, 5) is 2.43. The van der Waals surface area contributed by atoms with Crippen LogP contribution in [0.4, 0.5) is 17.1 Å². The predicted octanol–water partition coefficient (Wildman–Crippen LogP) is 19.4. The van der Waals surface area contributed by atoms with Gasteiger partial charge in [-0.2, -0.15) is 0 Å². The SMILES string of the molecule is c1ccc(-c2ccc(N(c3cccc(-c4ccc5c(c4)c(-c4ccccc4)c(-c4ccccc4)c4ccccc45)c3)c3cccc(-c4cccc5c4oc4ccccc45)c3)c(-c3ccccc3)c2)cc1. The topological polar surface area (TPSA) is 16.4 Å². The molecule has 0 aliphatic carbocycles. The van der Waals surface area contributed by atoms with E-state index >= 15 is 0 Å². The van der Waals surface area contributed by atoms with Crippen LogP contribution in [0.2, 0.25) is 0 Å². The van der Waals surface area contributed by atoms with Crippen molar-refractivity contribution in [1.82, 2.24) is 0 Å². The van der Waals surface area contributed by atoms with Crippen molar-refractivity contribution in [1.29, 1.82) is 0 Å². The van der Waals surface area contributed by atoms with Crippen LogP contribution < -0.4 is 4.90 Å². The minimum Gasteiger partial charge on any atom is -0.455 e. The first-order valence-electron chi connectivity index (χ1n) is 24.0. The lowest BCUT2D eigenvalue weighted by molar-refractivity contribution is 0.670. The van der Waals surface area contributed by atoms with E-state index < -0.39 is 0 Å². The summed E-state index contributed by atoms with van der Waals surface area (Å²) in [6, 6.07) is 98.8. The Kier molecular flexibility index (Phi) is 10.2. The molecule has 328 valence electrons. The summed E-state index contributed by atoms with van der Waals surface area (Å²) in [5, 5.41) is 7.18. The van der Waals surface area contributed by atoms with Crippen LogP contribution in [0.15, 0.2) is 277 Å². The van der Waals surface area contributed by atoms with Crippen molar-refractivity contribution in [2.24, 2.45) is 0 Å². The number of furan rings is 1. The Morgan fingerprint density at radius 2 is 0.714 bits per heavy atom. The molecule has 1 heterocycles. The molecule has 13 rings (SSSR count). The Bertz CT molecular complexity index is 4040. The maximum absolute atomic E-state index is 6.61. The second-order valence-corrected chi connectivity index (χ2v) is 18.0. The number of rotatable bonds is 9. The van der Waals surface area contributed by atoms with Crippen molar-refractivity contribution in [2.45, 2.75) is 0 Å². The number of anilines is 3. The van der Waals surface area contributed by atoms with Crippen LogP contribution in [0.25, 0.3) is 110 Å². The summed E-state index contributed by atoms with van der Waals surface area (Å²) >= 11 is 0. The molecule has 12 aromatic carbocycles. The fourth-order valence-corrected chi connectivity index (χ4v) is 10.6. The second kappa shape index (κ2) is 17.4. The zero-order chi connectivity index (χ0) is 46.4. The highest BCUT2D eigenvalue weighted by Gasteiger charge is 2.22. The van der Waals surface area contributed by atoms with Crippen LogP contribution in [-0.2, 0) is 0 Å². The van der Waals surface area contributed by atoms with Gasteiger partial charge < -0.3 is 9.32 Å². The summed E-state index contributed by atoms with van der Waals surface area (Å²) in [6.45, 7) is 0. The molecule has 0 N–H and O–H groups in total. The Morgan fingerprint density at radius 3 is 1.41 bits per heavy atom. The van der Waals surface area contributed by atoms with E-state index in [1.807, 2.05) is 6.07 Å². The van der Waals surface area contributed by atoms with Gasteiger partial charge in [-0.25, -0.2) is 0 Å². The van der Waals surface area contributed by atoms with Gasteiger partial charge in [-0.3, -0.25) is 0 Å². The Hall–Kier alpha value is -9.24. The van der Waals surface area contributed by atoms with E-state index in [1.165, 1.54) is 49.4 Å². The van der Waals surface area contributed by atoms with Gasteiger partial charge >= 0.3 is 0 Å². The number of hydrogen-bond acceptors (Lipinski definition) is 2. The molecule has 0 saturated heterocycles. The van der Waals surface area contributed by atoms with E-state index in [2.05, 4.69) is 272 Å². The third kappa shape index (κ3) is 7.22. The van der Waals surface area contributed by atoms with E-state index in [-0.39, 0.29) is 0 Å². The molecule has 0 radical (unpaired) electrons. The quantitative estimate of drug-likeness (QED) is 0.134. The van der Waals surface area contributed by atoms with Crippen LogP contribution in [0.5, 0.6) is 0 Å². The number of fused-ring (bicyclic) bond motifs is 6. The first-order chi connectivity index (χ1) is 34.7. The third-order valence-electron chi connectivity index (χ3n) is 13.8. The zero-order valence-corrected chi connectivity index (χ0v) is 38.3. The lowest BCUT2D eigenvalue weighted by Gasteiger charge is -2.29. The lowest BCUT2D eigenvalue weighted by Crippen LogP contribution is -2.11. The molecule has 2 nitrogen and oxygen atoms in total. The van der Waals surface area contributed by atoms with Crippen LogP contribution in [0.3, 0.4) is 0 Å². The van der Waals surface area contributed by atoms with Crippen molar-refractivity contribution in [3.63, 3.8) is 0 Å². The van der Waals surface area contributed by atoms with Crippen molar-refractivity contribution in [2.75, 3.05) is 4.90 Å². The number of benzene rings is 12. The standard InChI is InChI=1S/C68H45NO/c1-5-20-46(21-6-1)51-39-41-64(62(44-51)47-22-7-2-8-23-47)69(55-31-18-29-53(43-55)56-35-19-36-61-59-33-15-16-37-65(59)70-68(56)61)54-30-17-28-50(42-54)52-38-40-58-57-32-13-14-34-60(57)66(48-24-9-3-10-25-48)67(63(58)45-52)49-26-11-4-12-27-49/h1-45H. The molecular weight excluding hydrogens is 847 g/mol. The van der Waals surface area contributed by atoms with Gasteiger partial charge in [0, 0.05) is 33.3 Å². The highest BCUT2D eigenvalue weighted by atomic mass is 16.3. The molecule has 0 unspecified atom stereocenters. The maximum atomic E-state index is 6.61. The van der Waals surface area contributed by atoms with E-state index in [4.69, 9.17) is 4.42 Å². The van der Waals surface area contributed by atoms with Crippen LogP contribution in [0.1, 0.15) is 0 Å². The largest absolute Gasteiger partial charge is 0.455 e. The number of nitrogens with zero attached hydrogens (tertiary/aromatic N) is 1. The van der Waals surface area contributed by atoms with Crippen molar-refractivity contribution >= 4 is 60.5 Å². The molecule has 0 amide bonds. The molecule has 2 heteroatoms. The lowest BCUT2D eigenvalue weighted by atomic mass is 9.84. The fraction of sp³-hybridized carbons (Fsp3) is 0. The van der Waals surface area contributed by atoms with Gasteiger partial charge in [-0.1, -0.05) is 224 Å². The molecule has 0 bridgehead atoms. The number of hydrogen-bond donors (Lipinski definition) is 0. The highest BCUT2D eigenvalue weighted by molar-refractivity contribution is 6.22. The monoisotopic (exact) mass is 891 g/mol. The minimum atomic E-state index is 0.889. The molecule has 70 heavy (non-hydrogen) atoms. The van der Waals surface area contributed by atoms with Gasteiger partial charge in [0.25, 0.3) is 0 Å². The Morgan fingerprint density at radius 1 is 0.243 bits per heavy atom. The predicted molar refractivity (Wildman–Crippen MR) is 296 cm³/mol. The van der Waals surface area contributed by atoms with Gasteiger partial charge in [0.05, 0.1) is 5.69 Å². The maximum Gasteiger partial charge on any atom is 0.143 e. The Labute approximate surface area is 407 Å². The smallest absolute Gasteiger partial charge is 0.143 e. The van der Waals surface area contributed by atoms with E-state index in [0.717, 1.165) is 77.9 Å². The van der Waals surface area contributed by atoms with Gasteiger partial charge in [0.15, 0.2) is 0 Å². The molecular formula is C68H45NO. The average molecular weight is 892 g/mol. The van der Waals surface area contributed by atoms with Gasteiger partial charge in [-0.15, -0.1) is 0 Å². The van der Waals surface area contributed by atoms with E-state index in [0.29, 0.717) is 0 Å². The molecule has 0 saturated carbocycles. The summed E-state index contributed by atoms with van der Waals surface area (Å²) < 4.78 is 6.61. The second-order valence-electron chi connectivity index (χ2n) is 18.0. The molecule has 0 aliphatic rings. The van der Waals surface area contributed by atoms with Crippen molar-refractivity contribution in [3.05, 3.63) is 273 Å². The van der Waals surface area contributed by atoms with Gasteiger partial charge in [-0.05, 0) is 126 Å². The highest BCUT2D eigenvalue weighted by Crippen LogP contribution is 2.48. The third-order valence-corrected chi connectivity index (χ3v) is 13.8. The van der Waals surface area contributed by atoms with Crippen molar-refractivity contribution in [3.8, 4) is 66.8 Å². The van der Waals surface area contributed by atoms with Crippen molar-refractivity contribution < 1.29 is 4.42 Å². The zero-order valence-electron chi connectivity index (χ0n) is 38.3. The number of para-hydroxylation sites is 2. The first kappa shape index (κ1) is 41.0. The van der Waals surface area contributed by atoms with Crippen LogP contribution in [-0.4, -0.2) is 0 Å². The molecule has 13 aromatic rings. The summed E-state index contributed by atoms with van der Waals surface area (Å²) in [6.07, 6.45) is 0. The Balaban J connectivity index is 1.03. The average Bonchev–Trinajstić information content (AvgIpc) is 3.83. The summed E-state index contributed by atoms with van der Waals surface area (Å²) in [5.41, 5.74) is 18.8. The van der Waals surface area contributed by atoms with Crippen LogP contribution in [0, 0.1) is 0 Å². The van der Waals surface area contributed by atoms with Gasteiger partial charge in [0.2, 0.25) is 0 Å². The fourth-order valence-electron chi connectivity index (χ4n) is 10.6. The molecule has 0 aliphatic heterocycles. The molecule has 0 fully saturated rings. The van der Waals surface area contributed by atoms with E-state index in [9.17, 15) is 0 Å². The minimum absolute atomic E-state index is 0.889. The summed E-state index contributed by atoms with van der Waals surface area (Å²) in [5.74, 6) is 0. The first-order valence-corrected chi connectivity index (χ1v) is 24.0.